The maximum atomic E-state index is 13.4. The van der Waals surface area contributed by atoms with Gasteiger partial charge in [0, 0.05) is 23.8 Å². The van der Waals surface area contributed by atoms with Crippen LogP contribution in [0.25, 0.3) is 0 Å². The predicted molar refractivity (Wildman–Crippen MR) is 141 cm³/mol. The number of carbonyl (C=O) groups excluding carboxylic acids is 2. The molecule has 1 amide bonds. The van der Waals surface area contributed by atoms with Crippen molar-refractivity contribution < 1.29 is 14.0 Å². The third kappa shape index (κ3) is 4.85. The molecule has 3 aromatic carbocycles. The molecule has 0 saturated heterocycles. The minimum atomic E-state index is -1.37. The average Bonchev–Trinajstić information content (AvgIpc) is 3.31. The van der Waals surface area contributed by atoms with Crippen molar-refractivity contribution in [2.24, 2.45) is 5.41 Å². The molecule has 182 valence electrons. The third-order valence-corrected chi connectivity index (χ3v) is 8.34. The molecule has 2 unspecified atom stereocenters. The average molecular weight is 575 g/mol. The highest BCUT2D eigenvalue weighted by atomic mass is 35.5. The van der Waals surface area contributed by atoms with Crippen LogP contribution in [0.2, 0.25) is 15.1 Å². The van der Waals surface area contributed by atoms with Crippen molar-refractivity contribution in [3.63, 3.8) is 0 Å². The summed E-state index contributed by atoms with van der Waals surface area (Å²) in [5.74, 6) is -1.39. The zero-order chi connectivity index (χ0) is 25.5. The van der Waals surface area contributed by atoms with Crippen molar-refractivity contribution in [2.45, 2.75) is 17.2 Å². The van der Waals surface area contributed by atoms with Crippen molar-refractivity contribution in [1.82, 2.24) is 0 Å². The molecule has 0 radical (unpaired) electrons. The van der Waals surface area contributed by atoms with E-state index in [1.54, 1.807) is 43.3 Å². The smallest absolute Gasteiger partial charge is 0.257 e. The molecule has 1 saturated carbocycles. The van der Waals surface area contributed by atoms with Gasteiger partial charge in [-0.2, -0.15) is 0 Å². The maximum Gasteiger partial charge on any atom is 0.257 e. The van der Waals surface area contributed by atoms with E-state index in [1.165, 1.54) is 18.2 Å². The van der Waals surface area contributed by atoms with Crippen LogP contribution in [0.3, 0.4) is 0 Å². The molecule has 0 bridgehead atoms. The fourth-order valence-electron chi connectivity index (χ4n) is 4.10. The number of hydrogen-bond acceptors (Lipinski definition) is 3. The number of aldehydes is 1. The van der Waals surface area contributed by atoms with E-state index in [0.717, 1.165) is 6.29 Å². The van der Waals surface area contributed by atoms with Gasteiger partial charge in [-0.1, -0.05) is 64.1 Å². The third-order valence-electron chi connectivity index (χ3n) is 6.13. The lowest BCUT2D eigenvalue weighted by Gasteiger charge is -2.15. The lowest BCUT2D eigenvalue weighted by molar-refractivity contribution is -0.112. The minimum Gasteiger partial charge on any atom is -0.384 e. The number of aryl methyl sites for hydroxylation is 1. The Bertz CT molecular complexity index is 1330. The van der Waals surface area contributed by atoms with Crippen LogP contribution >= 0.6 is 58.0 Å². The molecule has 0 spiro atoms. The Kier molecular flexibility index (Phi) is 7.29. The van der Waals surface area contributed by atoms with Crippen molar-refractivity contribution in [1.29, 1.82) is 0 Å². The number of alkyl halides is 2. The second-order valence-electron chi connectivity index (χ2n) is 8.35. The molecule has 10 heteroatoms. The predicted octanol–water partition coefficient (Wildman–Crippen LogP) is 7.92. The molecular formula is C25H18Cl5FN2O2. The topological polar surface area (TPSA) is 58.2 Å². The molecule has 0 aliphatic heterocycles. The molecule has 4 nitrogen and oxygen atoms in total. The van der Waals surface area contributed by atoms with Crippen LogP contribution in [0, 0.1) is 18.2 Å². The minimum absolute atomic E-state index is 0.0914. The summed E-state index contributed by atoms with van der Waals surface area (Å²) in [6, 6.07) is 13.8. The summed E-state index contributed by atoms with van der Waals surface area (Å²) >= 11 is 31.5. The molecule has 2 atom stereocenters. The second kappa shape index (κ2) is 9.79. The zero-order valence-corrected chi connectivity index (χ0v) is 21.9. The number of hydrogen-bond donors (Lipinski definition) is 2. The van der Waals surface area contributed by atoms with E-state index in [4.69, 9.17) is 58.0 Å². The highest BCUT2D eigenvalue weighted by Crippen LogP contribution is 2.73. The quantitative estimate of drug-likeness (QED) is 0.223. The van der Waals surface area contributed by atoms with Gasteiger partial charge in [0.25, 0.3) is 5.91 Å². The lowest BCUT2D eigenvalue weighted by atomic mass is 10.00. The molecular weight excluding hydrogens is 557 g/mol. The van der Waals surface area contributed by atoms with Gasteiger partial charge < -0.3 is 15.4 Å². The largest absolute Gasteiger partial charge is 0.384 e. The van der Waals surface area contributed by atoms with Gasteiger partial charge in [0.05, 0.1) is 26.0 Å². The molecule has 35 heavy (non-hydrogen) atoms. The summed E-state index contributed by atoms with van der Waals surface area (Å²) in [6.07, 6.45) is 0.730. The lowest BCUT2D eigenvalue weighted by Crippen LogP contribution is -2.23. The van der Waals surface area contributed by atoms with Crippen LogP contribution in [0.4, 0.5) is 15.8 Å². The van der Waals surface area contributed by atoms with E-state index >= 15 is 0 Å². The summed E-state index contributed by atoms with van der Waals surface area (Å²) in [6.45, 7) is 1.77. The first-order valence-corrected chi connectivity index (χ1v) is 12.3. The van der Waals surface area contributed by atoms with Crippen molar-refractivity contribution in [3.05, 3.63) is 92.2 Å². The second-order valence-corrected chi connectivity index (χ2v) is 11.0. The maximum absolute atomic E-state index is 13.4. The van der Waals surface area contributed by atoms with Crippen molar-refractivity contribution >= 4 is 81.6 Å². The Balaban J connectivity index is 1.53. The number of halogens is 6. The molecule has 1 aliphatic rings. The van der Waals surface area contributed by atoms with Gasteiger partial charge in [0.2, 0.25) is 0 Å². The molecule has 3 aromatic rings. The van der Waals surface area contributed by atoms with Gasteiger partial charge >= 0.3 is 0 Å². The summed E-state index contributed by atoms with van der Waals surface area (Å²) in [5.41, 5.74) is 1.30. The Morgan fingerprint density at radius 1 is 1.00 bits per heavy atom. The number of rotatable bonds is 7. The molecule has 1 aliphatic carbocycles. The summed E-state index contributed by atoms with van der Waals surface area (Å²) < 4.78 is 12.0. The van der Waals surface area contributed by atoms with E-state index in [-0.39, 0.29) is 17.1 Å². The fraction of sp³-hybridized carbons (Fsp3) is 0.200. The van der Waals surface area contributed by atoms with Gasteiger partial charge in [-0.05, 0) is 66.6 Å². The highest BCUT2D eigenvalue weighted by Gasteiger charge is 2.76. The SMILES string of the molecule is Cc1cc(F)ccc1NC(=O)c1cc(NCC2(C=O)C(c3ccc(Cl)c(Cl)c3)C2(Cl)Cl)ccc1Cl. The van der Waals surface area contributed by atoms with E-state index < -0.39 is 27.4 Å². The van der Waals surface area contributed by atoms with Crippen LogP contribution < -0.4 is 10.6 Å². The summed E-state index contributed by atoms with van der Waals surface area (Å²) in [4.78, 5) is 25.0. The normalized spacial score (nSPS) is 20.3. The van der Waals surface area contributed by atoms with Crippen LogP contribution in [0.1, 0.15) is 27.4 Å². The van der Waals surface area contributed by atoms with E-state index in [0.29, 0.717) is 32.5 Å². The van der Waals surface area contributed by atoms with Gasteiger partial charge in [0.1, 0.15) is 16.4 Å². The van der Waals surface area contributed by atoms with E-state index in [1.807, 2.05) is 0 Å². The van der Waals surface area contributed by atoms with Crippen LogP contribution in [-0.2, 0) is 4.79 Å². The summed E-state index contributed by atoms with van der Waals surface area (Å²) in [7, 11) is 0. The number of carbonyl (C=O) groups is 2. The number of nitrogens with one attached hydrogen (secondary N) is 2. The molecule has 0 heterocycles. The van der Waals surface area contributed by atoms with Gasteiger partial charge in [0.15, 0.2) is 0 Å². The first-order valence-electron chi connectivity index (χ1n) is 10.4. The number of amides is 1. The Labute approximate surface area is 226 Å². The Morgan fingerprint density at radius 3 is 2.37 bits per heavy atom. The van der Waals surface area contributed by atoms with Gasteiger partial charge in [-0.25, -0.2) is 4.39 Å². The van der Waals surface area contributed by atoms with Crippen LogP contribution in [-0.4, -0.2) is 23.1 Å². The molecule has 4 rings (SSSR count). The first-order chi connectivity index (χ1) is 16.5. The van der Waals surface area contributed by atoms with Gasteiger partial charge in [-0.3, -0.25) is 4.79 Å². The zero-order valence-electron chi connectivity index (χ0n) is 18.1. The highest BCUT2D eigenvalue weighted by molar-refractivity contribution is 6.54. The number of anilines is 2. The van der Waals surface area contributed by atoms with Crippen LogP contribution in [0.5, 0.6) is 0 Å². The first kappa shape index (κ1) is 26.1. The summed E-state index contributed by atoms with van der Waals surface area (Å²) in [5, 5.41) is 6.80. The van der Waals surface area contributed by atoms with Crippen LogP contribution in [0.15, 0.2) is 54.6 Å². The molecule has 1 fully saturated rings. The Hall–Kier alpha value is -2.02. The van der Waals surface area contributed by atoms with Crippen molar-refractivity contribution in [2.75, 3.05) is 17.2 Å². The van der Waals surface area contributed by atoms with Crippen molar-refractivity contribution in [3.8, 4) is 0 Å². The molecule has 0 aromatic heterocycles. The monoisotopic (exact) mass is 572 g/mol. The standard InChI is InChI=1S/C25H18Cl5FN2O2/c1-13-8-15(31)3-7-21(13)33-23(35)17-10-16(4-6-18(17)26)32-11-24(12-34)22(25(24,29)30)14-2-5-19(27)20(28)9-14/h2-10,12,22,32H,11H2,1H3,(H,33,35). The van der Waals surface area contributed by atoms with E-state index in [2.05, 4.69) is 10.6 Å². The van der Waals surface area contributed by atoms with E-state index in [9.17, 15) is 14.0 Å². The Morgan fingerprint density at radius 2 is 1.71 bits per heavy atom. The number of benzene rings is 3. The van der Waals surface area contributed by atoms with Gasteiger partial charge in [-0.15, -0.1) is 0 Å². The molecule has 2 N–H and O–H groups in total. The fourth-order valence-corrected chi connectivity index (χ4v) is 5.58.